The maximum atomic E-state index is 5.75. The second-order valence-corrected chi connectivity index (χ2v) is 6.71. The predicted molar refractivity (Wildman–Crippen MR) is 76.2 cm³/mol. The van der Waals surface area contributed by atoms with Crippen molar-refractivity contribution < 1.29 is 4.74 Å². The molecular weight excluding hydrogens is 236 g/mol. The zero-order valence-corrected chi connectivity index (χ0v) is 12.2. The van der Waals surface area contributed by atoms with E-state index in [1.165, 1.54) is 24.1 Å². The van der Waals surface area contributed by atoms with E-state index >= 15 is 0 Å². The Labute approximate surface area is 116 Å². The van der Waals surface area contributed by atoms with Crippen molar-refractivity contribution in [2.24, 2.45) is 0 Å². The molecule has 0 aromatic carbocycles. The molecule has 2 aliphatic rings. The minimum atomic E-state index is 0.172. The standard InChI is InChI=1S/C16H24N2O/c1-16(2,3)18-9-10-19-11-14(18)13-5-4-8-17-15(13)12-6-7-12/h4-5,8,12,14H,6-7,9-11H2,1-3H3. The van der Waals surface area contributed by atoms with E-state index in [-0.39, 0.29) is 5.54 Å². The molecule has 1 saturated carbocycles. The van der Waals surface area contributed by atoms with Crippen LogP contribution in [0.2, 0.25) is 0 Å². The van der Waals surface area contributed by atoms with Gasteiger partial charge in [-0.3, -0.25) is 9.88 Å². The molecule has 0 N–H and O–H groups in total. The van der Waals surface area contributed by atoms with E-state index in [1.54, 1.807) is 0 Å². The first-order chi connectivity index (χ1) is 9.07. The summed E-state index contributed by atoms with van der Waals surface area (Å²) in [7, 11) is 0. The number of pyridine rings is 1. The lowest BCUT2D eigenvalue weighted by molar-refractivity contribution is -0.0510. The third-order valence-electron chi connectivity index (χ3n) is 4.18. The van der Waals surface area contributed by atoms with Crippen molar-refractivity contribution >= 4 is 0 Å². The summed E-state index contributed by atoms with van der Waals surface area (Å²) in [6.45, 7) is 9.51. The van der Waals surface area contributed by atoms with E-state index < -0.39 is 0 Å². The molecule has 0 radical (unpaired) electrons. The lowest BCUT2D eigenvalue weighted by Gasteiger charge is -2.45. The second kappa shape index (κ2) is 4.88. The Bertz CT molecular complexity index is 448. The zero-order chi connectivity index (χ0) is 13.5. The monoisotopic (exact) mass is 260 g/mol. The molecule has 1 atom stereocenters. The van der Waals surface area contributed by atoms with Crippen LogP contribution in [0, 0.1) is 0 Å². The third kappa shape index (κ3) is 2.67. The highest BCUT2D eigenvalue weighted by molar-refractivity contribution is 5.30. The number of hydrogen-bond acceptors (Lipinski definition) is 3. The summed E-state index contributed by atoms with van der Waals surface area (Å²) in [4.78, 5) is 7.22. The molecule has 104 valence electrons. The topological polar surface area (TPSA) is 25.4 Å². The average molecular weight is 260 g/mol. The van der Waals surface area contributed by atoms with E-state index in [9.17, 15) is 0 Å². The minimum Gasteiger partial charge on any atom is -0.378 e. The lowest BCUT2D eigenvalue weighted by Crippen LogP contribution is -2.50. The number of aromatic nitrogens is 1. The summed E-state index contributed by atoms with van der Waals surface area (Å²) in [6.07, 6.45) is 4.53. The van der Waals surface area contributed by atoms with Gasteiger partial charge >= 0.3 is 0 Å². The molecule has 2 heterocycles. The number of hydrogen-bond donors (Lipinski definition) is 0. The quantitative estimate of drug-likeness (QED) is 0.817. The molecule has 3 nitrogen and oxygen atoms in total. The molecule has 3 heteroatoms. The number of nitrogens with zero attached hydrogens (tertiary/aromatic N) is 2. The summed E-state index contributed by atoms with van der Waals surface area (Å²) in [5.41, 5.74) is 2.87. The first-order valence-corrected chi connectivity index (χ1v) is 7.36. The second-order valence-electron chi connectivity index (χ2n) is 6.71. The van der Waals surface area contributed by atoms with Crippen LogP contribution in [0.3, 0.4) is 0 Å². The Balaban J connectivity index is 1.94. The van der Waals surface area contributed by atoms with Gasteiger partial charge in [0.15, 0.2) is 0 Å². The fourth-order valence-corrected chi connectivity index (χ4v) is 3.07. The maximum absolute atomic E-state index is 5.75. The smallest absolute Gasteiger partial charge is 0.0665 e. The van der Waals surface area contributed by atoms with Crippen LogP contribution in [0.15, 0.2) is 18.3 Å². The molecular formula is C16H24N2O. The Morgan fingerprint density at radius 1 is 1.32 bits per heavy atom. The van der Waals surface area contributed by atoms with Gasteiger partial charge in [-0.15, -0.1) is 0 Å². The van der Waals surface area contributed by atoms with Crippen molar-refractivity contribution in [3.8, 4) is 0 Å². The molecule has 2 fully saturated rings. The highest BCUT2D eigenvalue weighted by atomic mass is 16.5. The number of rotatable bonds is 2. The van der Waals surface area contributed by atoms with Crippen LogP contribution >= 0.6 is 0 Å². The Kier molecular flexibility index (Phi) is 3.35. The van der Waals surface area contributed by atoms with E-state index in [2.05, 4.69) is 42.8 Å². The van der Waals surface area contributed by atoms with Crippen molar-refractivity contribution in [3.63, 3.8) is 0 Å². The lowest BCUT2D eigenvalue weighted by atomic mass is 9.95. The maximum Gasteiger partial charge on any atom is 0.0665 e. The highest BCUT2D eigenvalue weighted by Gasteiger charge is 2.36. The predicted octanol–water partition coefficient (Wildman–Crippen LogP) is 3.13. The number of ether oxygens (including phenoxy) is 1. The summed E-state index contributed by atoms with van der Waals surface area (Å²) in [5, 5.41) is 0. The van der Waals surface area contributed by atoms with Gasteiger partial charge in [-0.1, -0.05) is 6.07 Å². The molecule has 1 saturated heterocycles. The molecule has 1 aliphatic carbocycles. The van der Waals surface area contributed by atoms with Gasteiger partial charge in [0, 0.05) is 29.9 Å². The van der Waals surface area contributed by atoms with Gasteiger partial charge in [0.05, 0.1) is 19.3 Å². The summed E-state index contributed by atoms with van der Waals surface area (Å²) < 4.78 is 5.75. The van der Waals surface area contributed by atoms with Gasteiger partial charge in [0.25, 0.3) is 0 Å². The van der Waals surface area contributed by atoms with Crippen LogP contribution < -0.4 is 0 Å². The van der Waals surface area contributed by atoms with Crippen LogP contribution in [-0.4, -0.2) is 35.2 Å². The van der Waals surface area contributed by atoms with Gasteiger partial charge in [-0.05, 0) is 45.2 Å². The largest absolute Gasteiger partial charge is 0.378 e. The normalized spacial score (nSPS) is 25.5. The van der Waals surface area contributed by atoms with Crippen molar-refractivity contribution in [2.75, 3.05) is 19.8 Å². The Hall–Kier alpha value is -0.930. The molecule has 1 aromatic rings. The van der Waals surface area contributed by atoms with Gasteiger partial charge in [0.1, 0.15) is 0 Å². The Morgan fingerprint density at radius 3 is 2.79 bits per heavy atom. The molecule has 0 bridgehead atoms. The molecule has 3 rings (SSSR count). The van der Waals surface area contributed by atoms with Crippen molar-refractivity contribution in [3.05, 3.63) is 29.6 Å². The molecule has 0 spiro atoms. The summed E-state index contributed by atoms with van der Waals surface area (Å²) >= 11 is 0. The average Bonchev–Trinajstić information content (AvgIpc) is 3.22. The van der Waals surface area contributed by atoms with Crippen molar-refractivity contribution in [1.29, 1.82) is 0 Å². The fraction of sp³-hybridized carbons (Fsp3) is 0.688. The van der Waals surface area contributed by atoms with Crippen molar-refractivity contribution in [2.45, 2.75) is 51.1 Å². The highest BCUT2D eigenvalue weighted by Crippen LogP contribution is 2.43. The van der Waals surface area contributed by atoms with E-state index in [1.807, 2.05) is 6.20 Å². The van der Waals surface area contributed by atoms with E-state index in [0.717, 1.165) is 19.8 Å². The van der Waals surface area contributed by atoms with Gasteiger partial charge < -0.3 is 4.74 Å². The molecule has 1 unspecified atom stereocenters. The van der Waals surface area contributed by atoms with Crippen molar-refractivity contribution in [1.82, 2.24) is 9.88 Å². The first-order valence-electron chi connectivity index (χ1n) is 7.36. The zero-order valence-electron chi connectivity index (χ0n) is 12.2. The van der Waals surface area contributed by atoms with Crippen LogP contribution in [0.25, 0.3) is 0 Å². The summed E-state index contributed by atoms with van der Waals surface area (Å²) in [5.74, 6) is 0.694. The van der Waals surface area contributed by atoms with Gasteiger partial charge in [-0.25, -0.2) is 0 Å². The molecule has 1 aromatic heterocycles. The SMILES string of the molecule is CC(C)(C)N1CCOCC1c1cccnc1C1CC1. The minimum absolute atomic E-state index is 0.172. The number of morpholine rings is 1. The molecule has 1 aliphatic heterocycles. The van der Waals surface area contributed by atoms with Crippen LogP contribution in [0.1, 0.15) is 56.8 Å². The summed E-state index contributed by atoms with van der Waals surface area (Å²) in [6, 6.07) is 4.67. The molecule has 19 heavy (non-hydrogen) atoms. The Morgan fingerprint density at radius 2 is 2.11 bits per heavy atom. The van der Waals surface area contributed by atoms with Crippen LogP contribution in [0.4, 0.5) is 0 Å². The van der Waals surface area contributed by atoms with E-state index in [0.29, 0.717) is 12.0 Å². The van der Waals surface area contributed by atoms with Crippen LogP contribution in [-0.2, 0) is 4.74 Å². The fourth-order valence-electron chi connectivity index (χ4n) is 3.07. The van der Waals surface area contributed by atoms with Crippen LogP contribution in [0.5, 0.6) is 0 Å². The van der Waals surface area contributed by atoms with Gasteiger partial charge in [0.2, 0.25) is 0 Å². The first kappa shape index (κ1) is 13.1. The molecule has 0 amide bonds. The third-order valence-corrected chi connectivity index (χ3v) is 4.18. The van der Waals surface area contributed by atoms with E-state index in [4.69, 9.17) is 4.74 Å². The van der Waals surface area contributed by atoms with Gasteiger partial charge in [-0.2, -0.15) is 0 Å².